The van der Waals surface area contributed by atoms with E-state index in [1.807, 2.05) is 5.32 Å². The molecule has 7 heteroatoms. The predicted molar refractivity (Wildman–Crippen MR) is 65.1 cm³/mol. The molecule has 1 atom stereocenters. The Morgan fingerprint density at radius 1 is 1.15 bits per heavy atom. The first kappa shape index (κ1) is 15.7. The van der Waals surface area contributed by atoms with Gasteiger partial charge in [0.2, 0.25) is 0 Å². The third kappa shape index (κ3) is 3.59. The minimum absolute atomic E-state index is 0.272. The summed E-state index contributed by atoms with van der Waals surface area (Å²) in [6, 6.07) is 0.635. The van der Waals surface area contributed by atoms with E-state index in [4.69, 9.17) is 5.11 Å². The number of carboxylic acid groups (broad SMARTS) is 1. The van der Waals surface area contributed by atoms with Crippen molar-refractivity contribution in [3.63, 3.8) is 0 Å². The first-order chi connectivity index (χ1) is 9.23. The number of ketones is 1. The Morgan fingerprint density at radius 3 is 2.20 bits per heavy atom. The Kier molecular flexibility index (Phi) is 4.90. The Morgan fingerprint density at radius 2 is 1.75 bits per heavy atom. The smallest absolute Gasteiger partial charge is 0.334 e. The second-order valence-electron chi connectivity index (χ2n) is 4.43. The molecule has 0 aliphatic heterocycles. The highest BCUT2D eigenvalue weighted by Gasteiger charge is 2.30. The maximum Gasteiger partial charge on any atom is 0.334 e. The van der Waals surface area contributed by atoms with Crippen LogP contribution >= 0.6 is 0 Å². The lowest BCUT2D eigenvalue weighted by Crippen LogP contribution is -2.48. The molecular weight excluding hydrogens is 272 g/mol. The maximum atomic E-state index is 13.0. The molecule has 0 bridgehead atoms. The highest BCUT2D eigenvalue weighted by molar-refractivity contribution is 6.08. The van der Waals surface area contributed by atoms with Crippen LogP contribution < -0.4 is 5.32 Å². The van der Waals surface area contributed by atoms with Crippen molar-refractivity contribution in [1.82, 2.24) is 5.32 Å². The highest BCUT2D eigenvalue weighted by Crippen LogP contribution is 2.09. The molecule has 0 saturated carbocycles. The zero-order chi connectivity index (χ0) is 15.4. The third-order valence-electron chi connectivity index (χ3n) is 2.56. The topological polar surface area (TPSA) is 83.5 Å². The van der Waals surface area contributed by atoms with E-state index in [2.05, 4.69) is 0 Å². The fraction of sp³-hybridized carbons (Fsp3) is 0.308. The maximum absolute atomic E-state index is 13.0. The molecule has 1 unspecified atom stereocenters. The van der Waals surface area contributed by atoms with Gasteiger partial charge in [0.05, 0.1) is 0 Å². The molecule has 0 aliphatic carbocycles. The molecule has 1 aromatic rings. The van der Waals surface area contributed by atoms with Gasteiger partial charge in [0.15, 0.2) is 23.5 Å². The Bertz CT molecular complexity index is 557. The normalized spacial score (nSPS) is 12.1. The largest absolute Gasteiger partial charge is 0.479 e. The van der Waals surface area contributed by atoms with Crippen molar-refractivity contribution in [2.24, 2.45) is 5.92 Å². The van der Waals surface area contributed by atoms with Gasteiger partial charge in [-0.1, -0.05) is 13.8 Å². The Labute approximate surface area is 113 Å². The molecule has 0 aliphatic rings. The first-order valence-corrected chi connectivity index (χ1v) is 5.76. The number of hydrogen-bond donors (Lipinski definition) is 2. The summed E-state index contributed by atoms with van der Waals surface area (Å²) in [6.45, 7) is 2.98. The molecule has 1 rings (SSSR count). The van der Waals surface area contributed by atoms with Gasteiger partial charge in [-0.15, -0.1) is 0 Å². The van der Waals surface area contributed by atoms with Crippen molar-refractivity contribution in [3.8, 4) is 0 Å². The Hall–Kier alpha value is -2.31. The number of hydrogen-bond acceptors (Lipinski definition) is 3. The average molecular weight is 285 g/mol. The lowest BCUT2D eigenvalue weighted by atomic mass is 10.0. The quantitative estimate of drug-likeness (QED) is 0.800. The summed E-state index contributed by atoms with van der Waals surface area (Å²) in [5.74, 6) is -6.13. The lowest BCUT2D eigenvalue weighted by Gasteiger charge is -2.15. The fourth-order valence-electron chi connectivity index (χ4n) is 1.44. The van der Waals surface area contributed by atoms with E-state index >= 15 is 0 Å². The van der Waals surface area contributed by atoms with Crippen LogP contribution in [0.3, 0.4) is 0 Å². The number of carbonyl (C=O) groups is 3. The van der Waals surface area contributed by atoms with Crippen LogP contribution in [0.2, 0.25) is 0 Å². The standard InChI is InChI=1S/C13H13F2NO4/c1-6(2)11(17)10(13(19)20)16-12(18)7-3-4-8(14)9(15)5-7/h3-6,10H,1-2H3,(H,16,18)(H,19,20). The van der Waals surface area contributed by atoms with Gasteiger partial charge in [0.1, 0.15) is 0 Å². The first-order valence-electron chi connectivity index (χ1n) is 5.76. The summed E-state index contributed by atoms with van der Waals surface area (Å²) in [5, 5.41) is 10.9. The van der Waals surface area contributed by atoms with E-state index in [1.54, 1.807) is 0 Å². The number of carboxylic acids is 1. The van der Waals surface area contributed by atoms with Crippen molar-refractivity contribution in [3.05, 3.63) is 35.4 Å². The van der Waals surface area contributed by atoms with E-state index in [0.717, 1.165) is 12.1 Å². The molecule has 0 fully saturated rings. The molecule has 0 radical (unpaired) electrons. The molecule has 5 nitrogen and oxygen atoms in total. The highest BCUT2D eigenvalue weighted by atomic mass is 19.2. The molecule has 0 saturated heterocycles. The van der Waals surface area contributed by atoms with Gasteiger partial charge in [-0.3, -0.25) is 9.59 Å². The fourth-order valence-corrected chi connectivity index (χ4v) is 1.44. The van der Waals surface area contributed by atoms with Crippen molar-refractivity contribution in [1.29, 1.82) is 0 Å². The van der Waals surface area contributed by atoms with Gasteiger partial charge >= 0.3 is 5.97 Å². The zero-order valence-corrected chi connectivity index (χ0v) is 10.8. The average Bonchev–Trinajstić information content (AvgIpc) is 2.37. The van der Waals surface area contributed by atoms with Crippen molar-refractivity contribution < 1.29 is 28.3 Å². The van der Waals surface area contributed by atoms with Crippen molar-refractivity contribution in [2.45, 2.75) is 19.9 Å². The molecule has 1 amide bonds. The lowest BCUT2D eigenvalue weighted by molar-refractivity contribution is -0.144. The third-order valence-corrected chi connectivity index (χ3v) is 2.56. The molecule has 108 valence electrons. The van der Waals surface area contributed by atoms with Crippen LogP contribution in [0.15, 0.2) is 18.2 Å². The molecule has 0 spiro atoms. The number of rotatable bonds is 5. The number of Topliss-reactive ketones (excluding diaryl/α,β-unsaturated/α-hetero) is 1. The minimum atomic E-state index is -1.73. The van der Waals surface area contributed by atoms with Gasteiger partial charge in [-0.2, -0.15) is 0 Å². The number of carbonyl (C=O) groups excluding carboxylic acids is 2. The van der Waals surface area contributed by atoms with Crippen LogP contribution in [-0.4, -0.2) is 28.8 Å². The number of aliphatic carboxylic acids is 1. The van der Waals surface area contributed by atoms with E-state index in [0.29, 0.717) is 6.07 Å². The zero-order valence-electron chi connectivity index (χ0n) is 10.8. The summed E-state index contributed by atoms with van der Waals surface area (Å²) in [5.41, 5.74) is -0.272. The summed E-state index contributed by atoms with van der Waals surface area (Å²) in [7, 11) is 0. The number of halogens is 2. The van der Waals surface area contributed by atoms with E-state index in [-0.39, 0.29) is 5.56 Å². The second kappa shape index (κ2) is 6.23. The molecule has 20 heavy (non-hydrogen) atoms. The number of nitrogens with one attached hydrogen (secondary N) is 1. The van der Waals surface area contributed by atoms with Gasteiger partial charge < -0.3 is 10.4 Å². The molecule has 1 aromatic carbocycles. The van der Waals surface area contributed by atoms with Crippen molar-refractivity contribution >= 4 is 17.7 Å². The predicted octanol–water partition coefficient (Wildman–Crippen LogP) is 1.37. The number of benzene rings is 1. The molecule has 0 heterocycles. The molecule has 2 N–H and O–H groups in total. The van der Waals surface area contributed by atoms with Gasteiger partial charge in [-0.05, 0) is 18.2 Å². The second-order valence-corrected chi connectivity index (χ2v) is 4.43. The van der Waals surface area contributed by atoms with Crippen molar-refractivity contribution in [2.75, 3.05) is 0 Å². The van der Waals surface area contributed by atoms with Crippen LogP contribution in [-0.2, 0) is 9.59 Å². The number of amides is 1. The molecular formula is C13H13F2NO4. The van der Waals surface area contributed by atoms with E-state index in [9.17, 15) is 23.2 Å². The van der Waals surface area contributed by atoms with Crippen LogP contribution in [0.4, 0.5) is 8.78 Å². The monoisotopic (exact) mass is 285 g/mol. The van der Waals surface area contributed by atoms with Gasteiger partial charge in [-0.25, -0.2) is 13.6 Å². The molecule has 0 aromatic heterocycles. The van der Waals surface area contributed by atoms with E-state index in [1.165, 1.54) is 13.8 Å². The minimum Gasteiger partial charge on any atom is -0.479 e. The van der Waals surface area contributed by atoms with Crippen LogP contribution in [0.25, 0.3) is 0 Å². The summed E-state index contributed by atoms with van der Waals surface area (Å²) >= 11 is 0. The van der Waals surface area contributed by atoms with Crippen LogP contribution in [0.5, 0.6) is 0 Å². The summed E-state index contributed by atoms with van der Waals surface area (Å²) in [4.78, 5) is 34.3. The van der Waals surface area contributed by atoms with Crippen LogP contribution in [0, 0.1) is 17.6 Å². The van der Waals surface area contributed by atoms with Gasteiger partial charge in [0, 0.05) is 11.5 Å². The summed E-state index contributed by atoms with van der Waals surface area (Å²) in [6.07, 6.45) is 0. The summed E-state index contributed by atoms with van der Waals surface area (Å²) < 4.78 is 25.7. The SMILES string of the molecule is CC(C)C(=O)C(NC(=O)c1ccc(F)c(F)c1)C(=O)O. The van der Waals surface area contributed by atoms with E-state index < -0.39 is 41.3 Å². The van der Waals surface area contributed by atoms with Crippen LogP contribution in [0.1, 0.15) is 24.2 Å². The Balaban J connectivity index is 2.94. The van der Waals surface area contributed by atoms with Gasteiger partial charge in [0.25, 0.3) is 5.91 Å².